The van der Waals surface area contributed by atoms with E-state index in [2.05, 4.69) is 10.3 Å². The van der Waals surface area contributed by atoms with Crippen LogP contribution in [0.3, 0.4) is 0 Å². The molecule has 0 radical (unpaired) electrons. The second-order valence-electron chi connectivity index (χ2n) is 10.3. The van der Waals surface area contributed by atoms with E-state index in [4.69, 9.17) is 23.4 Å². The molecule has 0 atom stereocenters. The Morgan fingerprint density at radius 1 is 0.826 bits per heavy atom. The van der Waals surface area contributed by atoms with E-state index in [0.29, 0.717) is 47.4 Å². The van der Waals surface area contributed by atoms with Crippen LogP contribution in [0.25, 0.3) is 23.1 Å². The van der Waals surface area contributed by atoms with Crippen molar-refractivity contribution >= 4 is 28.9 Å². The van der Waals surface area contributed by atoms with Crippen molar-refractivity contribution in [1.29, 1.82) is 0 Å². The van der Waals surface area contributed by atoms with Crippen LogP contribution in [0.5, 0.6) is 23.0 Å². The zero-order valence-electron chi connectivity index (χ0n) is 25.8. The van der Waals surface area contributed by atoms with Gasteiger partial charge in [0.25, 0.3) is 0 Å². The molecule has 46 heavy (non-hydrogen) atoms. The van der Waals surface area contributed by atoms with Crippen molar-refractivity contribution in [2.45, 2.75) is 32.4 Å². The SMILES string of the molecule is COc1ccccc1/C=C/C(=O)/C=C/c1ccc(OCc2cn(CCCCCOc3cc(=O)oc4ccccc34)nn2)c(OC)c1. The van der Waals surface area contributed by atoms with Gasteiger partial charge in [0.05, 0.1) is 38.5 Å². The lowest BCUT2D eigenvalue weighted by Crippen LogP contribution is -2.04. The highest BCUT2D eigenvalue weighted by Crippen LogP contribution is 2.29. The van der Waals surface area contributed by atoms with Crippen molar-refractivity contribution in [3.05, 3.63) is 118 Å². The molecule has 0 spiro atoms. The van der Waals surface area contributed by atoms with Gasteiger partial charge < -0.3 is 23.4 Å². The molecular weight excluding hydrogens is 586 g/mol. The molecule has 0 N–H and O–H groups in total. The van der Waals surface area contributed by atoms with E-state index >= 15 is 0 Å². The summed E-state index contributed by atoms with van der Waals surface area (Å²) in [6, 6.07) is 21.7. The lowest BCUT2D eigenvalue weighted by Gasteiger charge is -2.10. The molecule has 5 aromatic rings. The monoisotopic (exact) mass is 621 g/mol. The molecule has 2 aromatic heterocycles. The molecule has 10 nitrogen and oxygen atoms in total. The maximum absolute atomic E-state index is 12.4. The second kappa shape index (κ2) is 15.9. The number of para-hydroxylation sites is 2. The molecule has 0 fully saturated rings. The Hall–Kier alpha value is -5.64. The molecule has 2 heterocycles. The molecule has 0 bridgehead atoms. The second-order valence-corrected chi connectivity index (χ2v) is 10.3. The van der Waals surface area contributed by atoms with Gasteiger partial charge in [0.1, 0.15) is 29.4 Å². The van der Waals surface area contributed by atoms with Gasteiger partial charge in [-0.2, -0.15) is 0 Å². The van der Waals surface area contributed by atoms with E-state index in [-0.39, 0.29) is 12.4 Å². The fraction of sp³-hybridized carbons (Fsp3) is 0.222. The van der Waals surface area contributed by atoms with Gasteiger partial charge in [-0.15, -0.1) is 5.10 Å². The molecule has 0 saturated heterocycles. The fourth-order valence-corrected chi connectivity index (χ4v) is 4.72. The van der Waals surface area contributed by atoms with Gasteiger partial charge in [-0.1, -0.05) is 47.7 Å². The minimum absolute atomic E-state index is 0.155. The number of benzene rings is 3. The molecule has 5 rings (SSSR count). The number of aromatic nitrogens is 3. The number of methoxy groups -OCH3 is 2. The summed E-state index contributed by atoms with van der Waals surface area (Å²) in [6.45, 7) is 1.43. The van der Waals surface area contributed by atoms with Crippen LogP contribution in [0.4, 0.5) is 0 Å². The number of unbranched alkanes of at least 4 members (excludes halogenated alkanes) is 2. The summed E-state index contributed by atoms with van der Waals surface area (Å²) in [5, 5.41) is 9.20. The molecule has 236 valence electrons. The van der Waals surface area contributed by atoms with Crippen LogP contribution in [0.2, 0.25) is 0 Å². The number of fused-ring (bicyclic) bond motifs is 1. The molecule has 0 amide bonds. The topological polar surface area (TPSA) is 115 Å². The third-order valence-corrected chi connectivity index (χ3v) is 7.06. The molecule has 0 aliphatic rings. The predicted octanol–water partition coefficient (Wildman–Crippen LogP) is 6.53. The lowest BCUT2D eigenvalue weighted by molar-refractivity contribution is -0.110. The Balaban J connectivity index is 1.05. The summed E-state index contributed by atoms with van der Waals surface area (Å²) in [6.07, 6.45) is 11.0. The number of carbonyl (C=O) groups is 1. The van der Waals surface area contributed by atoms with Crippen LogP contribution in [-0.2, 0) is 17.9 Å². The summed E-state index contributed by atoms with van der Waals surface area (Å²) in [5.74, 6) is 2.18. The lowest BCUT2D eigenvalue weighted by atomic mass is 10.1. The number of allylic oxidation sites excluding steroid dienone is 2. The van der Waals surface area contributed by atoms with Crippen LogP contribution in [0, 0.1) is 0 Å². The van der Waals surface area contributed by atoms with Gasteiger partial charge in [0.15, 0.2) is 17.3 Å². The highest BCUT2D eigenvalue weighted by molar-refractivity contribution is 6.04. The van der Waals surface area contributed by atoms with Crippen LogP contribution in [-0.4, -0.2) is 41.6 Å². The van der Waals surface area contributed by atoms with E-state index in [0.717, 1.165) is 35.8 Å². The minimum atomic E-state index is -0.425. The molecule has 0 saturated carbocycles. The van der Waals surface area contributed by atoms with Gasteiger partial charge in [0, 0.05) is 12.1 Å². The summed E-state index contributed by atoms with van der Waals surface area (Å²) in [7, 11) is 3.16. The third-order valence-electron chi connectivity index (χ3n) is 7.06. The van der Waals surface area contributed by atoms with Gasteiger partial charge in [-0.25, -0.2) is 4.79 Å². The van der Waals surface area contributed by atoms with Gasteiger partial charge in [-0.05, 0) is 73.4 Å². The van der Waals surface area contributed by atoms with Crippen molar-refractivity contribution in [1.82, 2.24) is 15.0 Å². The van der Waals surface area contributed by atoms with Crippen molar-refractivity contribution in [3.8, 4) is 23.0 Å². The molecule has 0 aliphatic heterocycles. The maximum Gasteiger partial charge on any atom is 0.339 e. The standard InChI is InChI=1S/C36H35N3O7/c1-42-31-12-6-4-10-27(31)16-18-29(40)17-14-26-15-19-33(35(22-26)43-2)45-25-28-24-39(38-37-28)20-8-3-9-21-44-34-23-36(41)46-32-13-7-5-11-30(32)34/h4-7,10-19,22-24H,3,8-9,20-21,25H2,1-2H3/b17-14+,18-16+. The van der Waals surface area contributed by atoms with Gasteiger partial charge in [-0.3, -0.25) is 9.48 Å². The first kappa shape index (κ1) is 31.8. The number of aryl methyl sites for hydroxylation is 1. The quantitative estimate of drug-likeness (QED) is 0.0689. The average Bonchev–Trinajstić information content (AvgIpc) is 3.54. The highest BCUT2D eigenvalue weighted by Gasteiger charge is 2.09. The number of rotatable bonds is 16. The Morgan fingerprint density at radius 3 is 2.50 bits per heavy atom. The fourth-order valence-electron chi connectivity index (χ4n) is 4.72. The number of hydrogen-bond acceptors (Lipinski definition) is 9. The molecular formula is C36H35N3O7. The summed E-state index contributed by atoms with van der Waals surface area (Å²) >= 11 is 0. The summed E-state index contributed by atoms with van der Waals surface area (Å²) in [4.78, 5) is 24.2. The van der Waals surface area contributed by atoms with Crippen LogP contribution >= 0.6 is 0 Å². The van der Waals surface area contributed by atoms with Crippen LogP contribution in [0.15, 0.2) is 100 Å². The molecule has 0 aliphatic carbocycles. The van der Waals surface area contributed by atoms with Gasteiger partial charge in [0.2, 0.25) is 0 Å². The average molecular weight is 622 g/mol. The van der Waals surface area contributed by atoms with Crippen LogP contribution in [0.1, 0.15) is 36.1 Å². The smallest absolute Gasteiger partial charge is 0.339 e. The normalized spacial score (nSPS) is 11.3. The highest BCUT2D eigenvalue weighted by atomic mass is 16.5. The number of hydrogen-bond donors (Lipinski definition) is 0. The first-order chi connectivity index (χ1) is 22.5. The predicted molar refractivity (Wildman–Crippen MR) is 175 cm³/mol. The van der Waals surface area contributed by atoms with Crippen molar-refractivity contribution in [2.75, 3.05) is 20.8 Å². The van der Waals surface area contributed by atoms with Crippen molar-refractivity contribution in [2.24, 2.45) is 0 Å². The molecule has 3 aromatic carbocycles. The van der Waals surface area contributed by atoms with E-state index in [1.165, 1.54) is 18.2 Å². The summed E-state index contributed by atoms with van der Waals surface area (Å²) < 4.78 is 29.7. The van der Waals surface area contributed by atoms with E-state index in [9.17, 15) is 9.59 Å². The zero-order valence-corrected chi connectivity index (χ0v) is 25.8. The Bertz CT molecular complexity index is 1890. The Labute approximate surface area is 266 Å². The van der Waals surface area contributed by atoms with E-state index < -0.39 is 5.63 Å². The third kappa shape index (κ3) is 8.72. The van der Waals surface area contributed by atoms with Crippen LogP contribution < -0.4 is 24.6 Å². The van der Waals surface area contributed by atoms with E-state index in [1.807, 2.05) is 54.7 Å². The first-order valence-corrected chi connectivity index (χ1v) is 14.9. The number of ether oxygens (including phenoxy) is 4. The number of carbonyl (C=O) groups excluding carboxylic acids is 1. The molecule has 10 heteroatoms. The Kier molecular flexibility index (Phi) is 11.0. The first-order valence-electron chi connectivity index (χ1n) is 14.9. The molecule has 0 unspecified atom stereocenters. The zero-order chi connectivity index (χ0) is 32.1. The maximum atomic E-state index is 12.4. The summed E-state index contributed by atoms with van der Waals surface area (Å²) in [5.41, 5.74) is 2.40. The van der Waals surface area contributed by atoms with Gasteiger partial charge >= 0.3 is 5.63 Å². The number of ketones is 1. The number of nitrogens with zero attached hydrogens (tertiary/aromatic N) is 3. The van der Waals surface area contributed by atoms with E-state index in [1.54, 1.807) is 49.3 Å². The minimum Gasteiger partial charge on any atom is -0.496 e. The van der Waals surface area contributed by atoms with Crippen molar-refractivity contribution < 1.29 is 28.2 Å². The van der Waals surface area contributed by atoms with Crippen molar-refractivity contribution in [3.63, 3.8) is 0 Å². The largest absolute Gasteiger partial charge is 0.496 e. The Morgan fingerprint density at radius 2 is 1.63 bits per heavy atom.